The van der Waals surface area contributed by atoms with E-state index in [9.17, 15) is 9.18 Å². The summed E-state index contributed by atoms with van der Waals surface area (Å²) >= 11 is 0. The van der Waals surface area contributed by atoms with E-state index in [2.05, 4.69) is 21.3 Å². The molecule has 4 heterocycles. The van der Waals surface area contributed by atoms with Crippen molar-refractivity contribution in [3.63, 3.8) is 0 Å². The van der Waals surface area contributed by atoms with E-state index in [0.29, 0.717) is 11.5 Å². The van der Waals surface area contributed by atoms with Crippen molar-refractivity contribution in [2.45, 2.75) is 37.8 Å². The Kier molecular flexibility index (Phi) is 4.51. The molecular formula is C22H19FN6O. The smallest absolute Gasteiger partial charge is 0.256 e. The summed E-state index contributed by atoms with van der Waals surface area (Å²) in [5, 5.41) is 17.0. The Balaban J connectivity index is 1.41. The number of nitriles is 1. The largest absolute Gasteiger partial charge is 0.332 e. The van der Waals surface area contributed by atoms with Crippen LogP contribution >= 0.6 is 0 Å². The fourth-order valence-corrected chi connectivity index (χ4v) is 4.89. The van der Waals surface area contributed by atoms with Crippen molar-refractivity contribution < 1.29 is 9.18 Å². The van der Waals surface area contributed by atoms with Gasteiger partial charge >= 0.3 is 0 Å². The van der Waals surface area contributed by atoms with Crippen molar-refractivity contribution in [3.8, 4) is 11.8 Å². The van der Waals surface area contributed by atoms with Crippen molar-refractivity contribution in [2.75, 3.05) is 0 Å². The molecule has 2 fully saturated rings. The van der Waals surface area contributed by atoms with Crippen molar-refractivity contribution >= 4 is 5.91 Å². The SMILES string of the molecule is N#Cc1ccc(CC2CC3CCC2N3C(=O)c2cccc(F)c2-n2nccn2)nc1. The lowest BCUT2D eigenvalue weighted by Crippen LogP contribution is -2.37. The molecule has 30 heavy (non-hydrogen) atoms. The van der Waals surface area contributed by atoms with Crippen LogP contribution < -0.4 is 0 Å². The van der Waals surface area contributed by atoms with E-state index >= 15 is 0 Å². The highest BCUT2D eigenvalue weighted by atomic mass is 19.1. The molecule has 0 aliphatic carbocycles. The van der Waals surface area contributed by atoms with Gasteiger partial charge in [-0.15, -0.1) is 4.80 Å². The Morgan fingerprint density at radius 1 is 1.20 bits per heavy atom. The van der Waals surface area contributed by atoms with Crippen LogP contribution in [0.15, 0.2) is 48.9 Å². The second-order valence-electron chi connectivity index (χ2n) is 7.82. The van der Waals surface area contributed by atoms with E-state index in [1.165, 1.54) is 23.3 Å². The summed E-state index contributed by atoms with van der Waals surface area (Å²) in [7, 11) is 0. The lowest BCUT2D eigenvalue weighted by Gasteiger charge is -2.25. The van der Waals surface area contributed by atoms with Gasteiger partial charge in [0.1, 0.15) is 11.8 Å². The van der Waals surface area contributed by atoms with Gasteiger partial charge in [0.05, 0.1) is 23.5 Å². The van der Waals surface area contributed by atoms with Crippen molar-refractivity contribution in [3.05, 3.63) is 71.6 Å². The summed E-state index contributed by atoms with van der Waals surface area (Å²) in [5.74, 6) is -0.403. The van der Waals surface area contributed by atoms with Gasteiger partial charge in [-0.2, -0.15) is 15.5 Å². The minimum Gasteiger partial charge on any atom is -0.332 e. The van der Waals surface area contributed by atoms with Crippen molar-refractivity contribution in [1.29, 1.82) is 5.26 Å². The number of nitrogens with zero attached hydrogens (tertiary/aromatic N) is 6. The Hall–Kier alpha value is -3.60. The fraction of sp³-hybridized carbons (Fsp3) is 0.318. The number of aromatic nitrogens is 4. The molecule has 2 bridgehead atoms. The first-order valence-corrected chi connectivity index (χ1v) is 9.98. The Bertz CT molecular complexity index is 1120. The summed E-state index contributed by atoms with van der Waals surface area (Å²) in [6.07, 6.45) is 8.06. The first-order valence-electron chi connectivity index (χ1n) is 9.98. The molecule has 0 spiro atoms. The van der Waals surface area contributed by atoms with Crippen LogP contribution in [0.4, 0.5) is 4.39 Å². The molecule has 150 valence electrons. The van der Waals surface area contributed by atoms with Crippen molar-refractivity contribution in [2.24, 2.45) is 5.92 Å². The molecular weight excluding hydrogens is 383 g/mol. The molecule has 0 saturated carbocycles. The molecule has 8 heteroatoms. The minimum atomic E-state index is -0.526. The average Bonchev–Trinajstić information content (AvgIpc) is 3.50. The number of para-hydroxylation sites is 1. The monoisotopic (exact) mass is 402 g/mol. The molecule has 0 radical (unpaired) electrons. The van der Waals surface area contributed by atoms with Crippen LogP contribution in [0.1, 0.15) is 40.9 Å². The molecule has 2 aliphatic rings. The number of hydrogen-bond acceptors (Lipinski definition) is 5. The molecule has 7 nitrogen and oxygen atoms in total. The maximum Gasteiger partial charge on any atom is 0.256 e. The summed E-state index contributed by atoms with van der Waals surface area (Å²) in [6.45, 7) is 0. The molecule has 2 aromatic heterocycles. The molecule has 3 aromatic rings. The summed E-state index contributed by atoms with van der Waals surface area (Å²) < 4.78 is 14.6. The van der Waals surface area contributed by atoms with E-state index < -0.39 is 5.82 Å². The third-order valence-corrected chi connectivity index (χ3v) is 6.16. The lowest BCUT2D eigenvalue weighted by atomic mass is 9.86. The van der Waals surface area contributed by atoms with E-state index in [1.54, 1.807) is 24.4 Å². The number of benzene rings is 1. The van der Waals surface area contributed by atoms with Crippen LogP contribution in [-0.2, 0) is 6.42 Å². The number of fused-ring (bicyclic) bond motifs is 2. The van der Waals surface area contributed by atoms with Gasteiger partial charge in [-0.1, -0.05) is 6.07 Å². The highest BCUT2D eigenvalue weighted by molar-refractivity contribution is 5.98. The highest BCUT2D eigenvalue weighted by Gasteiger charge is 2.49. The second kappa shape index (κ2) is 7.34. The Labute approximate surface area is 172 Å². The van der Waals surface area contributed by atoms with Crippen LogP contribution in [0.25, 0.3) is 5.69 Å². The topological polar surface area (TPSA) is 87.7 Å². The van der Waals surface area contributed by atoms with Gasteiger partial charge in [0.15, 0.2) is 5.82 Å². The molecule has 1 aromatic carbocycles. The Morgan fingerprint density at radius 3 is 2.77 bits per heavy atom. The van der Waals surface area contributed by atoms with Gasteiger partial charge in [0.25, 0.3) is 5.91 Å². The molecule has 3 atom stereocenters. The van der Waals surface area contributed by atoms with Crippen LogP contribution in [0.5, 0.6) is 0 Å². The molecule has 0 N–H and O–H groups in total. The lowest BCUT2D eigenvalue weighted by molar-refractivity contribution is 0.0718. The van der Waals surface area contributed by atoms with Gasteiger partial charge < -0.3 is 4.90 Å². The van der Waals surface area contributed by atoms with Gasteiger partial charge in [-0.25, -0.2) is 4.39 Å². The van der Waals surface area contributed by atoms with E-state index in [-0.39, 0.29) is 29.2 Å². The number of amides is 1. The third kappa shape index (κ3) is 3.03. The zero-order chi connectivity index (χ0) is 20.7. The number of hydrogen-bond donors (Lipinski definition) is 0. The number of halogens is 1. The van der Waals surface area contributed by atoms with Crippen LogP contribution in [0, 0.1) is 23.1 Å². The highest BCUT2D eigenvalue weighted by Crippen LogP contribution is 2.44. The summed E-state index contributed by atoms with van der Waals surface area (Å²) in [4.78, 5) is 21.0. The molecule has 2 aliphatic heterocycles. The Morgan fingerprint density at radius 2 is 2.03 bits per heavy atom. The van der Waals surface area contributed by atoms with E-state index in [0.717, 1.165) is 31.4 Å². The quantitative estimate of drug-likeness (QED) is 0.670. The van der Waals surface area contributed by atoms with Gasteiger partial charge in [-0.3, -0.25) is 9.78 Å². The number of carbonyl (C=O) groups is 1. The minimum absolute atomic E-state index is 0.0871. The number of carbonyl (C=O) groups excluding carboxylic acids is 1. The first-order chi connectivity index (χ1) is 14.7. The second-order valence-corrected chi connectivity index (χ2v) is 7.82. The fourth-order valence-electron chi connectivity index (χ4n) is 4.89. The maximum absolute atomic E-state index is 14.6. The summed E-state index contributed by atoms with van der Waals surface area (Å²) in [5.41, 5.74) is 1.82. The molecule has 2 saturated heterocycles. The number of rotatable bonds is 4. The molecule has 3 unspecified atom stereocenters. The van der Waals surface area contributed by atoms with Crippen molar-refractivity contribution in [1.82, 2.24) is 24.9 Å². The van der Waals surface area contributed by atoms with Crippen LogP contribution in [0.3, 0.4) is 0 Å². The van der Waals surface area contributed by atoms with Gasteiger partial charge in [0.2, 0.25) is 0 Å². The summed E-state index contributed by atoms with van der Waals surface area (Å²) in [6, 6.07) is 10.5. The van der Waals surface area contributed by atoms with Crippen LogP contribution in [0.2, 0.25) is 0 Å². The van der Waals surface area contributed by atoms with Gasteiger partial charge in [0, 0.05) is 24.0 Å². The standard InChI is InChI=1S/C22H19FN6O/c23-19-3-1-2-18(21(19)29-26-8-9-27-29)22(30)28-17-6-7-20(28)15(11-17)10-16-5-4-14(12-24)13-25-16/h1-5,8-9,13,15,17,20H,6-7,10-11H2. The predicted molar refractivity (Wildman–Crippen MR) is 105 cm³/mol. The normalized spacial score (nSPS) is 22.3. The van der Waals surface area contributed by atoms with E-state index in [1.807, 2.05) is 11.0 Å². The van der Waals surface area contributed by atoms with Crippen LogP contribution in [-0.4, -0.2) is 42.9 Å². The third-order valence-electron chi connectivity index (χ3n) is 6.16. The first kappa shape index (κ1) is 18.4. The molecule has 1 amide bonds. The zero-order valence-corrected chi connectivity index (χ0v) is 16.1. The zero-order valence-electron chi connectivity index (χ0n) is 16.1. The molecule has 5 rings (SSSR count). The van der Waals surface area contributed by atoms with Gasteiger partial charge in [-0.05, 0) is 55.9 Å². The predicted octanol–water partition coefficient (Wildman–Crippen LogP) is 2.91. The average molecular weight is 402 g/mol. The number of pyridine rings is 1. The van der Waals surface area contributed by atoms with E-state index in [4.69, 9.17) is 5.26 Å². The maximum atomic E-state index is 14.6.